The molecule has 2 aromatic carbocycles. The number of hydrogen-bond acceptors (Lipinski definition) is 2. The first kappa shape index (κ1) is 14.2. The lowest BCUT2D eigenvalue weighted by Gasteiger charge is -2.32. The average molecular weight is 281 g/mol. The highest BCUT2D eigenvalue weighted by molar-refractivity contribution is 5.52. The van der Waals surface area contributed by atoms with Gasteiger partial charge in [-0.05, 0) is 24.0 Å². The van der Waals surface area contributed by atoms with Crippen LogP contribution in [-0.2, 0) is 0 Å². The van der Waals surface area contributed by atoms with Gasteiger partial charge in [-0.15, -0.1) is 0 Å². The van der Waals surface area contributed by atoms with Crippen molar-refractivity contribution in [2.45, 2.75) is 33.2 Å². The lowest BCUT2D eigenvalue weighted by molar-refractivity contribution is 0.311. The normalized spacial score (nSPS) is 14.2. The van der Waals surface area contributed by atoms with Crippen LogP contribution < -0.4 is 10.1 Å². The van der Waals surface area contributed by atoms with Crippen molar-refractivity contribution in [1.82, 2.24) is 5.32 Å². The van der Waals surface area contributed by atoms with Crippen LogP contribution in [0.3, 0.4) is 0 Å². The van der Waals surface area contributed by atoms with Gasteiger partial charge in [0.2, 0.25) is 0 Å². The van der Waals surface area contributed by atoms with Crippen molar-refractivity contribution in [2.24, 2.45) is 5.41 Å². The molecule has 21 heavy (non-hydrogen) atoms. The van der Waals surface area contributed by atoms with E-state index in [1.807, 2.05) is 24.3 Å². The molecule has 2 heteroatoms. The smallest absolute Gasteiger partial charge is 0.132 e. The summed E-state index contributed by atoms with van der Waals surface area (Å²) in [5, 5.41) is 3.75. The van der Waals surface area contributed by atoms with Gasteiger partial charge in [0.15, 0.2) is 0 Å². The van der Waals surface area contributed by atoms with Crippen molar-refractivity contribution in [3.05, 3.63) is 59.7 Å². The molecule has 1 aliphatic rings. The molecule has 1 heterocycles. The van der Waals surface area contributed by atoms with Crippen LogP contribution in [0.4, 0.5) is 0 Å². The van der Waals surface area contributed by atoms with Crippen LogP contribution in [0.5, 0.6) is 11.5 Å². The van der Waals surface area contributed by atoms with E-state index in [9.17, 15) is 0 Å². The summed E-state index contributed by atoms with van der Waals surface area (Å²) >= 11 is 0. The number of rotatable bonds is 4. The molecular formula is C19H23NO. The predicted octanol–water partition coefficient (Wildman–Crippen LogP) is 4.91. The van der Waals surface area contributed by atoms with E-state index < -0.39 is 0 Å². The Morgan fingerprint density at radius 3 is 2.00 bits per heavy atom. The minimum Gasteiger partial charge on any atom is -0.457 e. The lowest BCUT2D eigenvalue weighted by atomic mass is 9.88. The summed E-state index contributed by atoms with van der Waals surface area (Å²) in [5.74, 6) is 1.92. The quantitative estimate of drug-likeness (QED) is 0.860. The van der Waals surface area contributed by atoms with Crippen LogP contribution in [0, 0.1) is 5.41 Å². The van der Waals surface area contributed by atoms with Gasteiger partial charge in [-0.2, -0.15) is 0 Å². The Morgan fingerprint density at radius 1 is 0.952 bits per heavy atom. The Bertz CT molecular complexity index is 587. The molecule has 1 aliphatic heterocycles. The van der Waals surface area contributed by atoms with Gasteiger partial charge in [-0.25, -0.2) is 0 Å². The second kappa shape index (κ2) is 5.53. The zero-order chi connectivity index (χ0) is 14.9. The van der Waals surface area contributed by atoms with E-state index in [4.69, 9.17) is 4.74 Å². The fourth-order valence-corrected chi connectivity index (χ4v) is 2.63. The number of hydrogen-bond donors (Lipinski definition) is 1. The molecule has 0 bridgehead atoms. The van der Waals surface area contributed by atoms with Gasteiger partial charge in [-0.1, -0.05) is 57.2 Å². The summed E-state index contributed by atoms with van der Waals surface area (Å²) < 4.78 is 6.03. The third-order valence-electron chi connectivity index (χ3n) is 4.42. The summed E-state index contributed by atoms with van der Waals surface area (Å²) in [6.45, 7) is 7.83. The summed E-state index contributed by atoms with van der Waals surface area (Å²) in [6.07, 6.45) is 1.16. The highest BCUT2D eigenvalue weighted by Crippen LogP contribution is 2.42. The van der Waals surface area contributed by atoms with E-state index in [1.165, 1.54) is 11.1 Å². The predicted molar refractivity (Wildman–Crippen MR) is 86.9 cm³/mol. The second-order valence-electron chi connectivity index (χ2n) is 6.51. The Labute approximate surface area is 127 Å². The highest BCUT2D eigenvalue weighted by atomic mass is 16.5. The van der Waals surface area contributed by atoms with Gasteiger partial charge in [0, 0.05) is 17.7 Å². The van der Waals surface area contributed by atoms with Crippen molar-refractivity contribution in [3.8, 4) is 11.5 Å². The van der Waals surface area contributed by atoms with Gasteiger partial charge < -0.3 is 10.1 Å². The SMILES string of the molecule is CCC(C)(C)CNC1c2ccccc2Oc2ccccc21. The van der Waals surface area contributed by atoms with Crippen LogP contribution in [0.15, 0.2) is 48.5 Å². The van der Waals surface area contributed by atoms with Crippen molar-refractivity contribution < 1.29 is 4.74 Å². The number of ether oxygens (including phenoxy) is 1. The van der Waals surface area contributed by atoms with Crippen molar-refractivity contribution in [2.75, 3.05) is 6.54 Å². The molecule has 0 spiro atoms. The fourth-order valence-electron chi connectivity index (χ4n) is 2.63. The second-order valence-corrected chi connectivity index (χ2v) is 6.51. The van der Waals surface area contributed by atoms with E-state index >= 15 is 0 Å². The number of nitrogens with one attached hydrogen (secondary N) is 1. The molecule has 0 radical (unpaired) electrons. The molecule has 1 N–H and O–H groups in total. The molecule has 0 aliphatic carbocycles. The zero-order valence-electron chi connectivity index (χ0n) is 13.0. The summed E-state index contributed by atoms with van der Waals surface area (Å²) in [7, 11) is 0. The van der Waals surface area contributed by atoms with Gasteiger partial charge in [0.05, 0.1) is 6.04 Å². The minimum atomic E-state index is 0.206. The van der Waals surface area contributed by atoms with Crippen molar-refractivity contribution in [1.29, 1.82) is 0 Å². The molecule has 0 aromatic heterocycles. The standard InChI is InChI=1S/C19H23NO/c1-4-19(2,3)13-20-18-14-9-5-7-11-16(14)21-17-12-8-6-10-15(17)18/h5-12,18,20H,4,13H2,1-3H3. The topological polar surface area (TPSA) is 21.3 Å². The van der Waals surface area contributed by atoms with Crippen LogP contribution in [0.1, 0.15) is 44.4 Å². The molecule has 0 amide bonds. The maximum Gasteiger partial charge on any atom is 0.132 e. The molecule has 110 valence electrons. The number of para-hydroxylation sites is 2. The van der Waals surface area contributed by atoms with Gasteiger partial charge in [0.1, 0.15) is 11.5 Å². The van der Waals surface area contributed by atoms with Crippen LogP contribution >= 0.6 is 0 Å². The first-order valence-corrected chi connectivity index (χ1v) is 7.70. The summed E-state index contributed by atoms with van der Waals surface area (Å²) in [6, 6.07) is 16.8. The largest absolute Gasteiger partial charge is 0.457 e. The molecule has 2 aromatic rings. The monoisotopic (exact) mass is 281 g/mol. The maximum absolute atomic E-state index is 6.03. The Morgan fingerprint density at radius 2 is 1.48 bits per heavy atom. The summed E-state index contributed by atoms with van der Waals surface area (Å²) in [5.41, 5.74) is 2.74. The van der Waals surface area contributed by atoms with Gasteiger partial charge in [-0.3, -0.25) is 0 Å². The Balaban J connectivity index is 1.95. The number of benzene rings is 2. The van der Waals surface area contributed by atoms with E-state index in [2.05, 4.69) is 50.4 Å². The Hall–Kier alpha value is -1.80. The van der Waals surface area contributed by atoms with Crippen LogP contribution in [-0.4, -0.2) is 6.54 Å². The molecular weight excluding hydrogens is 258 g/mol. The van der Waals surface area contributed by atoms with Gasteiger partial charge in [0.25, 0.3) is 0 Å². The van der Waals surface area contributed by atoms with E-state index in [0.29, 0.717) is 5.41 Å². The third kappa shape index (κ3) is 2.81. The minimum absolute atomic E-state index is 0.206. The van der Waals surface area contributed by atoms with Crippen molar-refractivity contribution >= 4 is 0 Å². The maximum atomic E-state index is 6.03. The molecule has 0 saturated carbocycles. The molecule has 3 rings (SSSR count). The molecule has 0 unspecified atom stereocenters. The van der Waals surface area contributed by atoms with E-state index in [-0.39, 0.29) is 6.04 Å². The summed E-state index contributed by atoms with van der Waals surface area (Å²) in [4.78, 5) is 0. The van der Waals surface area contributed by atoms with Crippen LogP contribution in [0.25, 0.3) is 0 Å². The highest BCUT2D eigenvalue weighted by Gasteiger charge is 2.27. The number of fused-ring (bicyclic) bond motifs is 2. The van der Waals surface area contributed by atoms with Crippen LogP contribution in [0.2, 0.25) is 0 Å². The molecule has 2 nitrogen and oxygen atoms in total. The molecule has 0 saturated heterocycles. The van der Waals surface area contributed by atoms with Gasteiger partial charge >= 0.3 is 0 Å². The van der Waals surface area contributed by atoms with E-state index in [0.717, 1.165) is 24.5 Å². The molecule has 0 atom stereocenters. The lowest BCUT2D eigenvalue weighted by Crippen LogP contribution is -2.33. The van der Waals surface area contributed by atoms with E-state index in [1.54, 1.807) is 0 Å². The molecule has 0 fully saturated rings. The first-order valence-electron chi connectivity index (χ1n) is 7.70. The Kier molecular flexibility index (Phi) is 3.73. The van der Waals surface area contributed by atoms with Crippen molar-refractivity contribution in [3.63, 3.8) is 0 Å². The fraction of sp³-hybridized carbons (Fsp3) is 0.368. The average Bonchev–Trinajstić information content (AvgIpc) is 2.51. The first-order chi connectivity index (χ1) is 10.1. The zero-order valence-corrected chi connectivity index (χ0v) is 13.0. The third-order valence-corrected chi connectivity index (χ3v) is 4.42.